The van der Waals surface area contributed by atoms with Gasteiger partial charge in [0.25, 0.3) is 0 Å². The van der Waals surface area contributed by atoms with Crippen molar-refractivity contribution in [1.29, 1.82) is 0 Å². The molecule has 3 rings (SSSR count). The highest BCUT2D eigenvalue weighted by molar-refractivity contribution is 5.95. The average molecular weight is 338 g/mol. The van der Waals surface area contributed by atoms with Crippen LogP contribution in [0.2, 0.25) is 0 Å². The highest BCUT2D eigenvalue weighted by Crippen LogP contribution is 2.14. The van der Waals surface area contributed by atoms with Gasteiger partial charge < -0.3 is 24.5 Å². The average Bonchev–Trinajstić information content (AvgIpc) is 2.86. The molecule has 3 aliphatic heterocycles. The monoisotopic (exact) mass is 338 g/mol. The first-order valence-electron chi connectivity index (χ1n) is 8.44. The second kappa shape index (κ2) is 8.97. The molecule has 0 aliphatic carbocycles. The number of hydrogen-bond donors (Lipinski definition) is 2. The topological polar surface area (TPSA) is 96.9 Å². The highest BCUT2D eigenvalue weighted by atomic mass is 16.5. The predicted molar refractivity (Wildman–Crippen MR) is 90.5 cm³/mol. The van der Waals surface area contributed by atoms with E-state index in [1.165, 1.54) is 0 Å². The fourth-order valence-corrected chi connectivity index (χ4v) is 2.76. The zero-order chi connectivity index (χ0) is 16.6. The smallest absolute Gasteiger partial charge is 0.320 e. The summed E-state index contributed by atoms with van der Waals surface area (Å²) >= 11 is 0. The number of nitrogens with zero attached hydrogens (tertiary/aromatic N) is 4. The summed E-state index contributed by atoms with van der Waals surface area (Å²) < 4.78 is 16.6. The number of aliphatic imine (C=N–C) groups is 2. The first kappa shape index (κ1) is 17.2. The van der Waals surface area contributed by atoms with Crippen LogP contribution in [0.25, 0.3) is 0 Å². The normalized spacial score (nSPS) is 23.0. The lowest BCUT2D eigenvalue weighted by atomic mass is 10.3. The number of rotatable bonds is 4. The summed E-state index contributed by atoms with van der Waals surface area (Å²) in [4.78, 5) is 13.5. The summed E-state index contributed by atoms with van der Waals surface area (Å²) in [5.41, 5.74) is 2.61. The first-order valence-corrected chi connectivity index (χ1v) is 8.44. The van der Waals surface area contributed by atoms with Crippen molar-refractivity contribution in [3.8, 4) is 0 Å². The van der Waals surface area contributed by atoms with E-state index in [1.54, 1.807) is 0 Å². The molecular formula is C15H26N6O3. The minimum absolute atomic E-state index is 0.353. The maximum absolute atomic E-state index is 5.80. The van der Waals surface area contributed by atoms with Gasteiger partial charge in [0.05, 0.1) is 26.4 Å². The molecule has 0 unspecified atom stereocenters. The van der Waals surface area contributed by atoms with Gasteiger partial charge in [-0.05, 0) is 6.08 Å². The Morgan fingerprint density at radius 2 is 1.79 bits per heavy atom. The number of nitrogens with two attached hydrogens (primary N) is 1. The molecule has 9 nitrogen and oxygen atoms in total. The Balaban J connectivity index is 1.58. The van der Waals surface area contributed by atoms with Crippen LogP contribution in [0.3, 0.4) is 0 Å². The van der Waals surface area contributed by atoms with Gasteiger partial charge in [-0.1, -0.05) is 0 Å². The van der Waals surface area contributed by atoms with E-state index >= 15 is 0 Å². The van der Waals surface area contributed by atoms with Crippen LogP contribution >= 0.6 is 0 Å². The minimum atomic E-state index is 0.353. The van der Waals surface area contributed by atoms with Crippen molar-refractivity contribution >= 4 is 11.9 Å². The molecule has 0 aromatic rings. The van der Waals surface area contributed by atoms with E-state index in [0.29, 0.717) is 38.1 Å². The maximum Gasteiger partial charge on any atom is 0.320 e. The lowest BCUT2D eigenvalue weighted by Crippen LogP contribution is -2.38. The molecule has 3 heterocycles. The van der Waals surface area contributed by atoms with Gasteiger partial charge >= 0.3 is 6.02 Å². The number of hydrazine groups is 1. The summed E-state index contributed by atoms with van der Waals surface area (Å²) in [5, 5.41) is 0. The summed E-state index contributed by atoms with van der Waals surface area (Å²) in [5.74, 6) is 7.04. The van der Waals surface area contributed by atoms with Gasteiger partial charge in [-0.15, -0.1) is 0 Å². The van der Waals surface area contributed by atoms with Crippen molar-refractivity contribution in [3.05, 3.63) is 11.9 Å². The molecule has 0 bridgehead atoms. The second-order valence-corrected chi connectivity index (χ2v) is 5.77. The summed E-state index contributed by atoms with van der Waals surface area (Å²) in [6.07, 6.45) is 2.62. The molecular weight excluding hydrogens is 312 g/mol. The van der Waals surface area contributed by atoms with Crippen molar-refractivity contribution in [2.24, 2.45) is 15.8 Å². The number of morpholine rings is 2. The van der Waals surface area contributed by atoms with E-state index in [4.69, 9.17) is 20.1 Å². The zero-order valence-electron chi connectivity index (χ0n) is 13.9. The van der Waals surface area contributed by atoms with Gasteiger partial charge in [-0.3, -0.25) is 4.90 Å². The Hall–Kier alpha value is -1.68. The molecule has 3 N–H and O–H groups in total. The fraction of sp³-hybridized carbons (Fsp3) is 0.733. The lowest BCUT2D eigenvalue weighted by Gasteiger charge is -2.28. The van der Waals surface area contributed by atoms with Gasteiger partial charge in [0.2, 0.25) is 0 Å². The minimum Gasteiger partial charge on any atom is -0.462 e. The Kier molecular flexibility index (Phi) is 6.41. The molecule has 9 heteroatoms. The van der Waals surface area contributed by atoms with Crippen LogP contribution in [0.1, 0.15) is 6.42 Å². The maximum atomic E-state index is 5.80. The molecule has 0 atom stereocenters. The van der Waals surface area contributed by atoms with Crippen molar-refractivity contribution in [1.82, 2.24) is 15.2 Å². The predicted octanol–water partition coefficient (Wildman–Crippen LogP) is -0.870. The van der Waals surface area contributed by atoms with E-state index in [2.05, 4.69) is 25.2 Å². The van der Waals surface area contributed by atoms with Crippen LogP contribution in [0.5, 0.6) is 0 Å². The second-order valence-electron chi connectivity index (χ2n) is 5.77. The SMILES string of the molecule is NNC1=NC(OCCN2CCOCC2)=NC(N2CCOCC2)=CC1. The van der Waals surface area contributed by atoms with Crippen LogP contribution in [-0.2, 0) is 14.2 Å². The standard InChI is InChI=1S/C15H26N6O3/c16-19-13-1-2-14(21-6-10-23-11-7-21)18-15(17-13)24-12-5-20-3-8-22-9-4-20/h2H,1,3-12,16H2,(H,17,18,19). The lowest BCUT2D eigenvalue weighted by molar-refractivity contribution is 0.0313. The van der Waals surface area contributed by atoms with Crippen LogP contribution < -0.4 is 11.3 Å². The Labute approximate surface area is 142 Å². The van der Waals surface area contributed by atoms with Gasteiger partial charge in [-0.25, -0.2) is 5.84 Å². The van der Waals surface area contributed by atoms with Gasteiger partial charge in [0.1, 0.15) is 18.3 Å². The molecule has 0 aromatic carbocycles. The quantitative estimate of drug-likeness (QED) is 0.508. The van der Waals surface area contributed by atoms with Crippen molar-refractivity contribution in [2.75, 3.05) is 65.8 Å². The zero-order valence-corrected chi connectivity index (χ0v) is 13.9. The van der Waals surface area contributed by atoms with E-state index in [9.17, 15) is 0 Å². The number of ether oxygens (including phenoxy) is 3. The van der Waals surface area contributed by atoms with E-state index < -0.39 is 0 Å². The molecule has 3 aliphatic rings. The van der Waals surface area contributed by atoms with Crippen molar-refractivity contribution < 1.29 is 14.2 Å². The molecule has 0 saturated carbocycles. The van der Waals surface area contributed by atoms with E-state index in [-0.39, 0.29) is 0 Å². The molecule has 0 radical (unpaired) electrons. The molecule has 134 valence electrons. The molecule has 2 saturated heterocycles. The largest absolute Gasteiger partial charge is 0.462 e. The number of amidine groups is 2. The fourth-order valence-electron chi connectivity index (χ4n) is 2.76. The summed E-state index contributed by atoms with van der Waals surface area (Å²) in [6, 6.07) is 0.353. The summed E-state index contributed by atoms with van der Waals surface area (Å²) in [7, 11) is 0. The molecule has 24 heavy (non-hydrogen) atoms. The first-order chi connectivity index (χ1) is 11.8. The number of nitrogens with one attached hydrogen (secondary N) is 1. The van der Waals surface area contributed by atoms with Gasteiger partial charge in [0.15, 0.2) is 0 Å². The Morgan fingerprint density at radius 1 is 1.08 bits per heavy atom. The van der Waals surface area contributed by atoms with Crippen molar-refractivity contribution in [3.63, 3.8) is 0 Å². The van der Waals surface area contributed by atoms with E-state index in [1.807, 2.05) is 6.08 Å². The van der Waals surface area contributed by atoms with Crippen LogP contribution in [0.4, 0.5) is 0 Å². The van der Waals surface area contributed by atoms with Crippen LogP contribution in [0, 0.1) is 0 Å². The molecule has 2 fully saturated rings. The highest BCUT2D eigenvalue weighted by Gasteiger charge is 2.17. The molecule has 0 aromatic heterocycles. The Bertz CT molecular complexity index is 495. The molecule has 0 spiro atoms. The summed E-state index contributed by atoms with van der Waals surface area (Å²) in [6.45, 7) is 7.88. The van der Waals surface area contributed by atoms with Crippen LogP contribution in [0.15, 0.2) is 21.9 Å². The third-order valence-electron chi connectivity index (χ3n) is 4.16. The van der Waals surface area contributed by atoms with E-state index in [0.717, 1.165) is 51.8 Å². The van der Waals surface area contributed by atoms with Crippen LogP contribution in [-0.4, -0.2) is 87.4 Å². The number of hydrogen-bond acceptors (Lipinski definition) is 9. The van der Waals surface area contributed by atoms with Crippen molar-refractivity contribution in [2.45, 2.75) is 6.42 Å². The third kappa shape index (κ3) is 4.91. The molecule has 0 amide bonds. The van der Waals surface area contributed by atoms with Gasteiger partial charge in [-0.2, -0.15) is 9.98 Å². The third-order valence-corrected chi connectivity index (χ3v) is 4.16. The van der Waals surface area contributed by atoms with Gasteiger partial charge in [0, 0.05) is 39.1 Å². The Morgan fingerprint density at radius 3 is 2.50 bits per heavy atom.